The number of ketones is 1. The molecule has 0 amide bonds. The van der Waals surface area contributed by atoms with Crippen LogP contribution in [0.3, 0.4) is 0 Å². The normalized spacial score (nSPS) is 22.1. The van der Waals surface area contributed by atoms with Gasteiger partial charge in [-0.2, -0.15) is 0 Å². The van der Waals surface area contributed by atoms with Gasteiger partial charge in [0, 0.05) is 16.4 Å². The molecule has 0 heterocycles. The van der Waals surface area contributed by atoms with Crippen molar-refractivity contribution >= 4 is 23.4 Å². The zero-order valence-electron chi connectivity index (χ0n) is 20.0. The number of hydrogen-bond acceptors (Lipinski definition) is 5. The maximum atomic E-state index is 12.9. The lowest BCUT2D eigenvalue weighted by molar-refractivity contribution is -0.143. The number of carbonyl (C=O) groups is 2. The van der Waals surface area contributed by atoms with Gasteiger partial charge in [0.15, 0.2) is 5.78 Å². The first-order valence-electron chi connectivity index (χ1n) is 10.7. The Labute approximate surface area is 195 Å². The Morgan fingerprint density at radius 1 is 1.22 bits per heavy atom. The fraction of sp³-hybridized carbons (Fsp3) is 0.462. The van der Waals surface area contributed by atoms with Crippen molar-refractivity contribution in [2.45, 2.75) is 61.5 Å². The molecule has 0 radical (unpaired) electrons. The topological polar surface area (TPSA) is 83.8 Å². The molecule has 2 unspecified atom stereocenters. The van der Waals surface area contributed by atoms with Gasteiger partial charge in [0.25, 0.3) is 0 Å². The van der Waals surface area contributed by atoms with Crippen LogP contribution in [-0.2, 0) is 9.53 Å². The minimum absolute atomic E-state index is 0.0549. The lowest BCUT2D eigenvalue weighted by Crippen LogP contribution is -2.38. The summed E-state index contributed by atoms with van der Waals surface area (Å²) >= 11 is 5.87. The monoisotopic (exact) mass is 460 g/mol. The summed E-state index contributed by atoms with van der Waals surface area (Å²) in [7, 11) is 0. The standard InChI is InChI=1S/C26H33ClO5/c1-14(2)32-24(31)21-15(3)26(8,16(4)22(23(21)30)25(5,6)7)12-11-19(28)18-10-9-17(27)13-20(18)29/h9-15,29-30H,1-8H3. The third-order valence-corrected chi connectivity index (χ3v) is 6.36. The average Bonchev–Trinajstić information content (AvgIpc) is 2.63. The molecule has 32 heavy (non-hydrogen) atoms. The van der Waals surface area contributed by atoms with Crippen LogP contribution in [0.1, 0.15) is 65.7 Å². The SMILES string of the molecule is CC1=C(C(C)(C)C)C(O)=C(C(=O)OC(C)C)C(C)C1(C)C=CC(=O)c1ccc(Cl)cc1O. The molecule has 1 aromatic carbocycles. The number of phenolic OH excluding ortho intramolecular Hbond substituents is 1. The fourth-order valence-electron chi connectivity index (χ4n) is 4.20. The zero-order valence-corrected chi connectivity index (χ0v) is 20.8. The molecule has 0 saturated carbocycles. The summed E-state index contributed by atoms with van der Waals surface area (Å²) in [5.41, 5.74) is 0.639. The summed E-state index contributed by atoms with van der Waals surface area (Å²) in [6.45, 7) is 15.1. The zero-order chi connectivity index (χ0) is 24.6. The van der Waals surface area contributed by atoms with Crippen molar-refractivity contribution in [3.63, 3.8) is 0 Å². The highest BCUT2D eigenvalue weighted by atomic mass is 35.5. The van der Waals surface area contributed by atoms with Gasteiger partial charge in [0.2, 0.25) is 0 Å². The molecule has 2 atom stereocenters. The highest BCUT2D eigenvalue weighted by molar-refractivity contribution is 6.31. The summed E-state index contributed by atoms with van der Waals surface area (Å²) in [5, 5.41) is 21.6. The molecule has 1 aromatic rings. The minimum atomic E-state index is -0.752. The minimum Gasteiger partial charge on any atom is -0.507 e. The smallest absolute Gasteiger partial charge is 0.338 e. The summed E-state index contributed by atoms with van der Waals surface area (Å²) < 4.78 is 5.43. The van der Waals surface area contributed by atoms with E-state index in [1.54, 1.807) is 19.9 Å². The number of esters is 1. The molecule has 0 fully saturated rings. The Morgan fingerprint density at radius 2 is 1.81 bits per heavy atom. The maximum absolute atomic E-state index is 12.9. The highest BCUT2D eigenvalue weighted by Crippen LogP contribution is 2.52. The Hall–Kier alpha value is -2.53. The van der Waals surface area contributed by atoms with Crippen LogP contribution in [0.25, 0.3) is 0 Å². The van der Waals surface area contributed by atoms with Crippen molar-refractivity contribution in [2.75, 3.05) is 0 Å². The van der Waals surface area contributed by atoms with Crippen molar-refractivity contribution in [1.29, 1.82) is 0 Å². The molecular weight excluding hydrogens is 428 g/mol. The van der Waals surface area contributed by atoms with E-state index in [1.807, 2.05) is 41.5 Å². The lowest BCUT2D eigenvalue weighted by atomic mass is 9.61. The second-order valence-electron chi connectivity index (χ2n) is 9.83. The number of carbonyl (C=O) groups excluding carboxylic acids is 2. The van der Waals surface area contributed by atoms with Gasteiger partial charge in [-0.05, 0) is 56.0 Å². The first kappa shape index (κ1) is 25.7. The number of phenols is 1. The van der Waals surface area contributed by atoms with Gasteiger partial charge in [-0.15, -0.1) is 0 Å². The van der Waals surface area contributed by atoms with Crippen LogP contribution in [0.5, 0.6) is 5.75 Å². The molecule has 0 bridgehead atoms. The lowest BCUT2D eigenvalue weighted by Gasteiger charge is -2.43. The third kappa shape index (κ3) is 4.93. The van der Waals surface area contributed by atoms with Gasteiger partial charge >= 0.3 is 5.97 Å². The van der Waals surface area contributed by atoms with Gasteiger partial charge < -0.3 is 14.9 Å². The van der Waals surface area contributed by atoms with Crippen molar-refractivity contribution < 1.29 is 24.5 Å². The van der Waals surface area contributed by atoms with Crippen molar-refractivity contribution in [1.82, 2.24) is 0 Å². The van der Waals surface area contributed by atoms with E-state index in [-0.39, 0.29) is 34.5 Å². The highest BCUT2D eigenvalue weighted by Gasteiger charge is 2.46. The Kier molecular flexibility index (Phi) is 7.35. The van der Waals surface area contributed by atoms with Crippen LogP contribution < -0.4 is 0 Å². The number of ether oxygens (including phenoxy) is 1. The van der Waals surface area contributed by atoms with E-state index in [9.17, 15) is 19.8 Å². The van der Waals surface area contributed by atoms with Crippen LogP contribution in [0.2, 0.25) is 5.02 Å². The summed E-state index contributed by atoms with van der Waals surface area (Å²) in [6, 6.07) is 4.33. The molecule has 2 N–H and O–H groups in total. The summed E-state index contributed by atoms with van der Waals surface area (Å²) in [5.74, 6) is -1.66. The molecule has 0 aliphatic heterocycles. The van der Waals surface area contributed by atoms with E-state index in [2.05, 4.69) is 0 Å². The first-order chi connectivity index (χ1) is 14.6. The molecule has 5 nitrogen and oxygen atoms in total. The van der Waals surface area contributed by atoms with Crippen LogP contribution in [0.15, 0.2) is 52.8 Å². The van der Waals surface area contributed by atoms with Gasteiger partial charge in [-0.3, -0.25) is 4.79 Å². The van der Waals surface area contributed by atoms with E-state index >= 15 is 0 Å². The number of hydrogen-bond donors (Lipinski definition) is 2. The average molecular weight is 461 g/mol. The van der Waals surface area contributed by atoms with E-state index < -0.39 is 22.7 Å². The Bertz CT molecular complexity index is 1020. The molecular formula is C26H33ClO5. The molecule has 1 aliphatic rings. The van der Waals surface area contributed by atoms with Crippen molar-refractivity contribution in [2.24, 2.45) is 16.7 Å². The number of halogens is 1. The van der Waals surface area contributed by atoms with Crippen molar-refractivity contribution in [3.05, 3.63) is 63.4 Å². The van der Waals surface area contributed by atoms with E-state index in [4.69, 9.17) is 16.3 Å². The number of allylic oxidation sites excluding steroid dienone is 4. The van der Waals surface area contributed by atoms with Crippen molar-refractivity contribution in [3.8, 4) is 5.75 Å². The number of aromatic hydroxyl groups is 1. The number of aliphatic hydroxyl groups excluding tert-OH is 1. The van der Waals surface area contributed by atoms with Crippen LogP contribution in [0.4, 0.5) is 0 Å². The summed E-state index contributed by atoms with van der Waals surface area (Å²) in [6.07, 6.45) is 2.80. The molecule has 0 spiro atoms. The predicted molar refractivity (Wildman–Crippen MR) is 127 cm³/mol. The second-order valence-corrected chi connectivity index (χ2v) is 10.3. The van der Waals surface area contributed by atoms with Gasteiger partial charge in [0.1, 0.15) is 11.5 Å². The number of benzene rings is 1. The van der Waals surface area contributed by atoms with E-state index in [0.29, 0.717) is 10.6 Å². The van der Waals surface area contributed by atoms with E-state index in [1.165, 1.54) is 24.3 Å². The maximum Gasteiger partial charge on any atom is 0.338 e. The predicted octanol–water partition coefficient (Wildman–Crippen LogP) is 6.57. The molecule has 6 heteroatoms. The summed E-state index contributed by atoms with van der Waals surface area (Å²) in [4.78, 5) is 25.8. The van der Waals surface area contributed by atoms with Gasteiger partial charge in [-0.1, -0.05) is 57.9 Å². The molecule has 1 aliphatic carbocycles. The first-order valence-corrected chi connectivity index (χ1v) is 11.1. The van der Waals surface area contributed by atoms with Gasteiger partial charge in [-0.25, -0.2) is 4.79 Å². The Balaban J connectivity index is 2.62. The molecule has 174 valence electrons. The largest absolute Gasteiger partial charge is 0.507 e. The van der Waals surface area contributed by atoms with Crippen LogP contribution >= 0.6 is 11.6 Å². The number of aliphatic hydroxyl groups is 1. The number of rotatable bonds is 5. The third-order valence-electron chi connectivity index (χ3n) is 6.13. The van der Waals surface area contributed by atoms with Crippen LogP contribution in [-0.4, -0.2) is 28.1 Å². The van der Waals surface area contributed by atoms with Gasteiger partial charge in [0.05, 0.1) is 17.2 Å². The van der Waals surface area contributed by atoms with Crippen LogP contribution in [0, 0.1) is 16.7 Å². The molecule has 2 rings (SSSR count). The molecule has 0 saturated heterocycles. The fourth-order valence-corrected chi connectivity index (χ4v) is 4.37. The quantitative estimate of drug-likeness (QED) is 0.295. The van der Waals surface area contributed by atoms with E-state index in [0.717, 1.165) is 5.57 Å². The molecule has 0 aromatic heterocycles. The Morgan fingerprint density at radius 3 is 2.31 bits per heavy atom. The second kappa shape index (κ2) is 9.14.